The van der Waals surface area contributed by atoms with E-state index in [4.69, 9.17) is 5.11 Å². The van der Waals surface area contributed by atoms with Crippen LogP contribution in [0.1, 0.15) is 0 Å². The molecule has 1 aliphatic rings. The summed E-state index contributed by atoms with van der Waals surface area (Å²) < 4.78 is 4.60. The quantitative estimate of drug-likeness (QED) is 0.599. The monoisotopic (exact) mass is 188 g/mol. The van der Waals surface area contributed by atoms with Crippen LogP contribution in [0.3, 0.4) is 0 Å². The molecule has 0 aliphatic carbocycles. The second kappa shape index (κ2) is 4.43. The molecule has 1 saturated heterocycles. The zero-order chi connectivity index (χ0) is 9.84. The Morgan fingerprint density at radius 3 is 2.77 bits per heavy atom. The van der Waals surface area contributed by atoms with E-state index in [1.54, 1.807) is 4.90 Å². The summed E-state index contributed by atoms with van der Waals surface area (Å²) in [5.41, 5.74) is 0. The van der Waals surface area contributed by atoms with Crippen molar-refractivity contribution in [2.45, 2.75) is 6.04 Å². The molecule has 0 bridgehead atoms. The van der Waals surface area contributed by atoms with Gasteiger partial charge in [-0.2, -0.15) is 0 Å². The summed E-state index contributed by atoms with van der Waals surface area (Å²) >= 11 is 0. The van der Waals surface area contributed by atoms with Crippen LogP contribution in [-0.2, 0) is 4.74 Å². The molecule has 5 nitrogen and oxygen atoms in total. The van der Waals surface area contributed by atoms with Gasteiger partial charge in [0.25, 0.3) is 0 Å². The molecule has 0 spiro atoms. The van der Waals surface area contributed by atoms with E-state index in [2.05, 4.69) is 10.1 Å². The number of methoxy groups -OCH3 is 1. The smallest absolute Gasteiger partial charge is 0.409 e. The van der Waals surface area contributed by atoms with Gasteiger partial charge in [0.2, 0.25) is 0 Å². The fourth-order valence-electron chi connectivity index (χ4n) is 1.66. The Bertz CT molecular complexity index is 174. The van der Waals surface area contributed by atoms with Gasteiger partial charge in [-0.3, -0.25) is 0 Å². The molecule has 0 radical (unpaired) electrons. The first-order chi connectivity index (χ1) is 6.22. The topological polar surface area (TPSA) is 61.8 Å². The molecular formula is C8H16N2O3. The maximum atomic E-state index is 11.1. The minimum absolute atomic E-state index is 0.0962. The van der Waals surface area contributed by atoms with Crippen LogP contribution in [0.5, 0.6) is 0 Å². The molecule has 2 unspecified atom stereocenters. The summed E-state index contributed by atoms with van der Waals surface area (Å²) in [6.07, 6.45) is -0.323. The number of carbonyl (C=O) groups excluding carboxylic acids is 1. The number of amides is 1. The van der Waals surface area contributed by atoms with Crippen LogP contribution in [0.25, 0.3) is 0 Å². The Balaban J connectivity index is 2.52. The van der Waals surface area contributed by atoms with Gasteiger partial charge < -0.3 is 20.1 Å². The third kappa shape index (κ3) is 2.10. The van der Waals surface area contributed by atoms with E-state index in [0.717, 1.165) is 0 Å². The number of rotatable bonds is 2. The zero-order valence-corrected chi connectivity index (χ0v) is 7.99. The van der Waals surface area contributed by atoms with Gasteiger partial charge in [-0.25, -0.2) is 4.79 Å². The Labute approximate surface area is 77.7 Å². The highest BCUT2D eigenvalue weighted by atomic mass is 16.5. The normalized spacial score (nSPS) is 27.8. The lowest BCUT2D eigenvalue weighted by molar-refractivity contribution is 0.129. The number of aliphatic hydroxyl groups is 1. The highest BCUT2D eigenvalue weighted by Crippen LogP contribution is 2.16. The number of ether oxygens (including phenoxy) is 1. The van der Waals surface area contributed by atoms with E-state index in [-0.39, 0.29) is 24.7 Å². The van der Waals surface area contributed by atoms with Gasteiger partial charge in [0.05, 0.1) is 7.11 Å². The van der Waals surface area contributed by atoms with Crippen LogP contribution in [0, 0.1) is 5.92 Å². The van der Waals surface area contributed by atoms with Crippen molar-refractivity contribution in [1.82, 2.24) is 10.2 Å². The lowest BCUT2D eigenvalue weighted by Crippen LogP contribution is -2.35. The summed E-state index contributed by atoms with van der Waals surface area (Å²) in [4.78, 5) is 12.7. The van der Waals surface area contributed by atoms with Gasteiger partial charge in [-0.15, -0.1) is 0 Å². The Morgan fingerprint density at radius 2 is 2.38 bits per heavy atom. The molecule has 13 heavy (non-hydrogen) atoms. The van der Waals surface area contributed by atoms with Crippen molar-refractivity contribution in [2.24, 2.45) is 5.92 Å². The van der Waals surface area contributed by atoms with Crippen molar-refractivity contribution in [3.05, 3.63) is 0 Å². The molecule has 0 saturated carbocycles. The van der Waals surface area contributed by atoms with Crippen molar-refractivity contribution in [2.75, 3.05) is 33.9 Å². The average Bonchev–Trinajstić information content (AvgIpc) is 2.59. The summed E-state index contributed by atoms with van der Waals surface area (Å²) in [6, 6.07) is 0.170. The van der Waals surface area contributed by atoms with Crippen molar-refractivity contribution >= 4 is 6.09 Å². The number of nitrogens with one attached hydrogen (secondary N) is 1. The van der Waals surface area contributed by atoms with Gasteiger partial charge in [0, 0.05) is 31.7 Å². The Hall–Kier alpha value is -0.810. The molecular weight excluding hydrogens is 172 g/mol. The highest BCUT2D eigenvalue weighted by molar-refractivity contribution is 5.67. The first-order valence-electron chi connectivity index (χ1n) is 4.34. The molecule has 1 aliphatic heterocycles. The summed E-state index contributed by atoms with van der Waals surface area (Å²) in [5.74, 6) is 0.115. The molecule has 0 aromatic rings. The van der Waals surface area contributed by atoms with Crippen LogP contribution in [0.4, 0.5) is 4.79 Å². The minimum Gasteiger partial charge on any atom is -0.453 e. The predicted molar refractivity (Wildman–Crippen MR) is 47.4 cm³/mol. The number of nitrogens with zero attached hydrogens (tertiary/aromatic N) is 1. The van der Waals surface area contributed by atoms with Crippen LogP contribution in [0.15, 0.2) is 0 Å². The first-order valence-corrected chi connectivity index (χ1v) is 4.34. The number of likely N-dealkylation sites (N-methyl/N-ethyl adjacent to an activating group) is 1. The molecule has 0 aromatic carbocycles. The number of likely N-dealkylation sites (tertiary alicyclic amines) is 1. The van der Waals surface area contributed by atoms with E-state index >= 15 is 0 Å². The Morgan fingerprint density at radius 1 is 1.69 bits per heavy atom. The molecule has 1 fully saturated rings. The Kier molecular flexibility index (Phi) is 3.50. The first kappa shape index (κ1) is 10.3. The number of aliphatic hydroxyl groups excluding tert-OH is 1. The fourth-order valence-corrected chi connectivity index (χ4v) is 1.66. The van der Waals surface area contributed by atoms with E-state index in [1.165, 1.54) is 7.11 Å². The summed E-state index contributed by atoms with van der Waals surface area (Å²) in [6.45, 7) is 1.27. The number of hydrogen-bond donors (Lipinski definition) is 2. The maximum Gasteiger partial charge on any atom is 0.409 e. The highest BCUT2D eigenvalue weighted by Gasteiger charge is 2.34. The second-order valence-corrected chi connectivity index (χ2v) is 3.21. The van der Waals surface area contributed by atoms with Gasteiger partial charge in [0.15, 0.2) is 0 Å². The lowest BCUT2D eigenvalue weighted by atomic mass is 10.1. The zero-order valence-electron chi connectivity index (χ0n) is 7.99. The molecule has 5 heteroatoms. The standard InChI is InChI=1S/C8H16N2O3/c1-9-7-4-10(8(12)13-2)3-6(7)5-11/h6-7,9,11H,3-5H2,1-2H3. The van der Waals surface area contributed by atoms with Crippen molar-refractivity contribution < 1.29 is 14.6 Å². The van der Waals surface area contributed by atoms with Crippen LogP contribution in [-0.4, -0.2) is 56.0 Å². The molecule has 0 aromatic heterocycles. The predicted octanol–water partition coefficient (Wildman–Crippen LogP) is -0.735. The molecule has 1 amide bonds. The fraction of sp³-hybridized carbons (Fsp3) is 0.875. The molecule has 2 atom stereocenters. The summed E-state index contributed by atoms with van der Waals surface area (Å²) in [7, 11) is 3.19. The maximum absolute atomic E-state index is 11.1. The van der Waals surface area contributed by atoms with Gasteiger partial charge >= 0.3 is 6.09 Å². The molecule has 76 valence electrons. The summed E-state index contributed by atoms with van der Waals surface area (Å²) in [5, 5.41) is 12.1. The van der Waals surface area contributed by atoms with Crippen molar-refractivity contribution in [1.29, 1.82) is 0 Å². The van der Waals surface area contributed by atoms with Gasteiger partial charge in [-0.1, -0.05) is 0 Å². The van der Waals surface area contributed by atoms with Crippen LogP contribution >= 0.6 is 0 Å². The van der Waals surface area contributed by atoms with E-state index in [0.29, 0.717) is 13.1 Å². The SMILES string of the molecule is CNC1CN(C(=O)OC)CC1CO. The molecule has 1 rings (SSSR count). The third-order valence-corrected chi connectivity index (χ3v) is 2.48. The largest absolute Gasteiger partial charge is 0.453 e. The minimum atomic E-state index is -0.323. The average molecular weight is 188 g/mol. The molecule has 2 N–H and O–H groups in total. The van der Waals surface area contributed by atoms with E-state index in [9.17, 15) is 4.79 Å². The van der Waals surface area contributed by atoms with E-state index < -0.39 is 0 Å². The van der Waals surface area contributed by atoms with Gasteiger partial charge in [-0.05, 0) is 7.05 Å². The lowest BCUT2D eigenvalue weighted by Gasteiger charge is -2.13. The molecule has 1 heterocycles. The number of hydrogen-bond acceptors (Lipinski definition) is 4. The second-order valence-electron chi connectivity index (χ2n) is 3.21. The number of carbonyl (C=O) groups is 1. The van der Waals surface area contributed by atoms with Crippen LogP contribution in [0.2, 0.25) is 0 Å². The van der Waals surface area contributed by atoms with Crippen molar-refractivity contribution in [3.63, 3.8) is 0 Å². The van der Waals surface area contributed by atoms with Gasteiger partial charge in [0.1, 0.15) is 0 Å². The van der Waals surface area contributed by atoms with Crippen molar-refractivity contribution in [3.8, 4) is 0 Å². The van der Waals surface area contributed by atoms with E-state index in [1.807, 2.05) is 7.05 Å². The van der Waals surface area contributed by atoms with Crippen LogP contribution < -0.4 is 5.32 Å². The third-order valence-electron chi connectivity index (χ3n) is 2.48.